The summed E-state index contributed by atoms with van der Waals surface area (Å²) in [6.45, 7) is 0.355. The van der Waals surface area contributed by atoms with Gasteiger partial charge in [0.2, 0.25) is 0 Å². The number of rotatable bonds is 5. The van der Waals surface area contributed by atoms with Gasteiger partial charge in [0.15, 0.2) is 0 Å². The predicted octanol–water partition coefficient (Wildman–Crippen LogP) is 2.07. The minimum Gasteiger partial charge on any atom is -0.495 e. The van der Waals surface area contributed by atoms with Crippen molar-refractivity contribution in [1.29, 1.82) is 0 Å². The van der Waals surface area contributed by atoms with Crippen molar-refractivity contribution in [1.82, 2.24) is 0 Å². The van der Waals surface area contributed by atoms with Gasteiger partial charge < -0.3 is 9.84 Å². The molecule has 2 aromatic rings. The molecular weight excluding hydrogens is 330 g/mol. The number of methoxy groups -OCH3 is 1. The third-order valence-corrected chi connectivity index (χ3v) is 5.83. The van der Waals surface area contributed by atoms with Crippen LogP contribution in [0.3, 0.4) is 0 Å². The van der Waals surface area contributed by atoms with Crippen molar-refractivity contribution in [3.63, 3.8) is 0 Å². The summed E-state index contributed by atoms with van der Waals surface area (Å²) in [5.41, 5.74) is 2.04. The van der Waals surface area contributed by atoms with Gasteiger partial charge in [0.1, 0.15) is 10.6 Å². The summed E-state index contributed by atoms with van der Waals surface area (Å²) in [7, 11) is -2.45. The first-order valence-corrected chi connectivity index (χ1v) is 8.87. The van der Waals surface area contributed by atoms with E-state index >= 15 is 0 Å². The summed E-state index contributed by atoms with van der Waals surface area (Å²) < 4.78 is 32.8. The Morgan fingerprint density at radius 3 is 2.71 bits per heavy atom. The molecule has 0 aliphatic carbocycles. The Bertz CT molecular complexity index is 892. The zero-order valence-electron chi connectivity index (χ0n) is 13.1. The van der Waals surface area contributed by atoms with Crippen LogP contribution in [0.15, 0.2) is 47.4 Å². The van der Waals surface area contributed by atoms with E-state index in [1.54, 1.807) is 18.2 Å². The molecule has 0 amide bonds. The molecule has 0 saturated carbocycles. The molecule has 0 unspecified atom stereocenters. The van der Waals surface area contributed by atoms with Gasteiger partial charge in [-0.25, -0.2) is 8.42 Å². The first kappa shape index (κ1) is 16.3. The number of carboxylic acid groups (broad SMARTS) is 1. The van der Waals surface area contributed by atoms with E-state index < -0.39 is 16.0 Å². The normalized spacial score (nSPS) is 13.6. The maximum atomic E-state index is 13.1. The number of fused-ring (bicyclic) bond motifs is 1. The second kappa shape index (κ2) is 6.16. The first-order valence-electron chi connectivity index (χ1n) is 7.43. The number of para-hydroxylation sites is 1. The van der Waals surface area contributed by atoms with Gasteiger partial charge in [-0.05, 0) is 35.7 Å². The number of hydrogen-bond donors (Lipinski definition) is 1. The van der Waals surface area contributed by atoms with Crippen molar-refractivity contribution in [2.45, 2.75) is 17.7 Å². The molecule has 1 aliphatic heterocycles. The smallest absolute Gasteiger partial charge is 0.307 e. The minimum absolute atomic E-state index is 0.0135. The van der Waals surface area contributed by atoms with Crippen LogP contribution in [-0.2, 0) is 27.7 Å². The Morgan fingerprint density at radius 2 is 2.00 bits per heavy atom. The molecule has 0 atom stereocenters. The van der Waals surface area contributed by atoms with Gasteiger partial charge in [0.05, 0.1) is 19.2 Å². The molecule has 6 nitrogen and oxygen atoms in total. The maximum Gasteiger partial charge on any atom is 0.307 e. The standard InChI is InChI=1S/C17H17NO5S/c1-23-15-7-6-12(11-17(19)20)10-16(15)24(21,22)18-9-8-13-4-2-3-5-14(13)18/h2-7,10H,8-9,11H2,1H3,(H,19,20). The fraction of sp³-hybridized carbons (Fsp3) is 0.235. The molecule has 126 valence electrons. The molecule has 1 heterocycles. The van der Waals surface area contributed by atoms with Crippen LogP contribution < -0.4 is 9.04 Å². The van der Waals surface area contributed by atoms with Crippen molar-refractivity contribution in [2.75, 3.05) is 18.0 Å². The third-order valence-electron chi connectivity index (χ3n) is 4.00. The van der Waals surface area contributed by atoms with Crippen LogP contribution >= 0.6 is 0 Å². The minimum atomic E-state index is -3.84. The van der Waals surface area contributed by atoms with E-state index in [0.29, 0.717) is 24.2 Å². The van der Waals surface area contributed by atoms with E-state index in [1.165, 1.54) is 23.5 Å². The molecule has 2 aromatic carbocycles. The molecule has 0 saturated heterocycles. The molecule has 3 rings (SSSR count). The quantitative estimate of drug-likeness (QED) is 0.895. The first-order chi connectivity index (χ1) is 11.4. The van der Waals surface area contributed by atoms with Crippen molar-refractivity contribution >= 4 is 21.7 Å². The van der Waals surface area contributed by atoms with E-state index in [4.69, 9.17) is 9.84 Å². The van der Waals surface area contributed by atoms with Crippen molar-refractivity contribution in [3.05, 3.63) is 53.6 Å². The topological polar surface area (TPSA) is 83.9 Å². The zero-order valence-corrected chi connectivity index (χ0v) is 13.9. The van der Waals surface area contributed by atoms with Crippen LogP contribution in [0.5, 0.6) is 5.75 Å². The lowest BCUT2D eigenvalue weighted by atomic mass is 10.1. The number of nitrogens with zero attached hydrogens (tertiary/aromatic N) is 1. The largest absolute Gasteiger partial charge is 0.495 e. The molecule has 24 heavy (non-hydrogen) atoms. The average molecular weight is 347 g/mol. The Kier molecular flexibility index (Phi) is 4.19. The fourth-order valence-corrected chi connectivity index (χ4v) is 4.60. The van der Waals surface area contributed by atoms with Crippen LogP contribution in [-0.4, -0.2) is 33.1 Å². The number of anilines is 1. The number of ether oxygens (including phenoxy) is 1. The lowest BCUT2D eigenvalue weighted by Gasteiger charge is -2.21. The lowest BCUT2D eigenvalue weighted by Crippen LogP contribution is -2.29. The van der Waals surface area contributed by atoms with Crippen LogP contribution in [0.25, 0.3) is 0 Å². The molecule has 0 aromatic heterocycles. The maximum absolute atomic E-state index is 13.1. The Morgan fingerprint density at radius 1 is 1.25 bits per heavy atom. The number of sulfonamides is 1. The monoisotopic (exact) mass is 347 g/mol. The van der Waals surface area contributed by atoms with E-state index in [1.807, 2.05) is 12.1 Å². The van der Waals surface area contributed by atoms with Crippen LogP contribution in [0, 0.1) is 0 Å². The third kappa shape index (κ3) is 2.82. The van der Waals surface area contributed by atoms with E-state index in [0.717, 1.165) is 5.56 Å². The number of benzene rings is 2. The van der Waals surface area contributed by atoms with E-state index in [-0.39, 0.29) is 17.1 Å². The van der Waals surface area contributed by atoms with Crippen molar-refractivity contribution in [3.8, 4) is 5.75 Å². The van der Waals surface area contributed by atoms with Crippen LogP contribution in [0.1, 0.15) is 11.1 Å². The highest BCUT2D eigenvalue weighted by Crippen LogP contribution is 2.36. The highest BCUT2D eigenvalue weighted by molar-refractivity contribution is 7.93. The van der Waals surface area contributed by atoms with Gasteiger partial charge in [-0.15, -0.1) is 0 Å². The summed E-state index contributed by atoms with van der Waals surface area (Å²) in [4.78, 5) is 10.9. The summed E-state index contributed by atoms with van der Waals surface area (Å²) in [5.74, 6) is -0.816. The Balaban J connectivity index is 2.08. The van der Waals surface area contributed by atoms with E-state index in [2.05, 4.69) is 0 Å². The van der Waals surface area contributed by atoms with Gasteiger partial charge in [-0.3, -0.25) is 9.10 Å². The zero-order chi connectivity index (χ0) is 17.3. The highest BCUT2D eigenvalue weighted by Gasteiger charge is 2.33. The number of carboxylic acids is 1. The van der Waals surface area contributed by atoms with Crippen molar-refractivity contribution < 1.29 is 23.1 Å². The molecule has 7 heteroatoms. The summed E-state index contributed by atoms with van der Waals surface area (Å²) in [6, 6.07) is 11.8. The van der Waals surface area contributed by atoms with Gasteiger partial charge in [-0.2, -0.15) is 0 Å². The second-order valence-corrected chi connectivity index (χ2v) is 7.34. The van der Waals surface area contributed by atoms with Gasteiger partial charge in [0.25, 0.3) is 10.0 Å². The SMILES string of the molecule is COc1ccc(CC(=O)O)cc1S(=O)(=O)N1CCc2ccccc21. The van der Waals surface area contributed by atoms with E-state index in [9.17, 15) is 13.2 Å². The van der Waals surface area contributed by atoms with Gasteiger partial charge in [0, 0.05) is 6.54 Å². The fourth-order valence-electron chi connectivity index (χ4n) is 2.88. The van der Waals surface area contributed by atoms with Gasteiger partial charge >= 0.3 is 5.97 Å². The summed E-state index contributed by atoms with van der Waals surface area (Å²) in [5, 5.41) is 8.94. The average Bonchev–Trinajstić information content (AvgIpc) is 2.99. The van der Waals surface area contributed by atoms with Crippen LogP contribution in [0.2, 0.25) is 0 Å². The molecule has 1 N–H and O–H groups in total. The number of aliphatic carboxylic acids is 1. The van der Waals surface area contributed by atoms with Crippen LogP contribution in [0.4, 0.5) is 5.69 Å². The molecular formula is C17H17NO5S. The Hall–Kier alpha value is -2.54. The molecule has 0 fully saturated rings. The second-order valence-electron chi connectivity index (χ2n) is 5.51. The molecule has 0 radical (unpaired) electrons. The molecule has 0 spiro atoms. The number of carbonyl (C=O) groups is 1. The summed E-state index contributed by atoms with van der Waals surface area (Å²) >= 11 is 0. The molecule has 1 aliphatic rings. The Labute approximate surface area is 140 Å². The summed E-state index contributed by atoms with van der Waals surface area (Å²) in [6.07, 6.45) is 0.398. The molecule has 0 bridgehead atoms. The number of hydrogen-bond acceptors (Lipinski definition) is 4. The van der Waals surface area contributed by atoms with Crippen molar-refractivity contribution in [2.24, 2.45) is 0 Å². The van der Waals surface area contributed by atoms with Gasteiger partial charge in [-0.1, -0.05) is 24.3 Å². The lowest BCUT2D eigenvalue weighted by molar-refractivity contribution is -0.136. The highest BCUT2D eigenvalue weighted by atomic mass is 32.2. The predicted molar refractivity (Wildman–Crippen MR) is 89.0 cm³/mol.